The smallest absolute Gasteiger partial charge is 0.166 e. The number of aromatic nitrogens is 7. The first-order chi connectivity index (χ1) is 31.2. The second-order valence-corrected chi connectivity index (χ2v) is 15.5. The quantitative estimate of drug-likeness (QED) is 0.149. The van der Waals surface area contributed by atoms with Gasteiger partial charge in [-0.25, -0.2) is 29.9 Å². The summed E-state index contributed by atoms with van der Waals surface area (Å²) < 4.78 is 2.31. The highest BCUT2D eigenvalue weighted by Crippen LogP contribution is 2.39. The molecule has 0 saturated carbocycles. The fourth-order valence-corrected chi connectivity index (χ4v) is 8.66. The van der Waals surface area contributed by atoms with E-state index in [1.807, 2.05) is 91.0 Å². The number of rotatable bonds is 7. The molecule has 0 bridgehead atoms. The van der Waals surface area contributed by atoms with Gasteiger partial charge in [-0.15, -0.1) is 0 Å². The van der Waals surface area contributed by atoms with Gasteiger partial charge < -0.3 is 4.57 Å². The Bertz CT molecular complexity index is 3570. The predicted octanol–water partition coefficient (Wildman–Crippen LogP) is 13.5. The molecule has 3 aromatic heterocycles. The van der Waals surface area contributed by atoms with Gasteiger partial charge in [-0.2, -0.15) is 0 Å². The third-order valence-corrected chi connectivity index (χ3v) is 11.7. The Hall–Kier alpha value is -8.68. The Morgan fingerprint density at radius 3 is 1.21 bits per heavy atom. The summed E-state index contributed by atoms with van der Waals surface area (Å²) in [5.74, 6) is 3.39. The zero-order valence-corrected chi connectivity index (χ0v) is 33.8. The van der Waals surface area contributed by atoms with Crippen LogP contribution in [0.15, 0.2) is 212 Å². The normalized spacial score (nSPS) is 11.5. The largest absolute Gasteiger partial charge is 0.309 e. The molecule has 7 heteroatoms. The molecule has 12 rings (SSSR count). The van der Waals surface area contributed by atoms with Crippen LogP contribution in [0.25, 0.3) is 117 Å². The van der Waals surface area contributed by atoms with Crippen LogP contribution in [0.2, 0.25) is 0 Å². The van der Waals surface area contributed by atoms with Crippen LogP contribution < -0.4 is 0 Å². The maximum atomic E-state index is 5.26. The van der Waals surface area contributed by atoms with Gasteiger partial charge in [-0.05, 0) is 57.9 Å². The third-order valence-electron chi connectivity index (χ3n) is 11.7. The standard InChI is InChI=1S/C56H35N7/c1-4-17-37(18-5-1)51-58-54(41-30-32-44-40(34-41)29-28-36-16-10-11-23-43(36)44)60-55(59-51)42-31-33-50(63-48-26-14-12-24-45(48)46-25-13-15-27-49(46)63)47(35-42)56-61-52(38-19-6-2-7-20-38)57-53(62-56)39-21-8-3-9-22-39/h1-35H. The predicted molar refractivity (Wildman–Crippen MR) is 255 cm³/mol. The molecule has 0 atom stereocenters. The summed E-state index contributed by atoms with van der Waals surface area (Å²) in [4.78, 5) is 31.1. The van der Waals surface area contributed by atoms with Gasteiger partial charge >= 0.3 is 0 Å². The second-order valence-electron chi connectivity index (χ2n) is 15.5. The molecule has 0 saturated heterocycles. The molecule has 12 aromatic rings. The van der Waals surface area contributed by atoms with E-state index in [-0.39, 0.29) is 0 Å². The van der Waals surface area contributed by atoms with Crippen LogP contribution in [0.4, 0.5) is 0 Å². The van der Waals surface area contributed by atoms with Crippen molar-refractivity contribution in [3.63, 3.8) is 0 Å². The molecule has 0 amide bonds. The van der Waals surface area contributed by atoms with Gasteiger partial charge in [0.25, 0.3) is 0 Å². The average Bonchev–Trinajstić information content (AvgIpc) is 3.70. The van der Waals surface area contributed by atoms with Crippen LogP contribution in [0.5, 0.6) is 0 Å². The van der Waals surface area contributed by atoms with Gasteiger partial charge in [-0.3, -0.25) is 0 Å². The van der Waals surface area contributed by atoms with Crippen LogP contribution in [0.1, 0.15) is 0 Å². The van der Waals surface area contributed by atoms with E-state index in [1.165, 1.54) is 16.2 Å². The molecule has 0 aliphatic carbocycles. The second kappa shape index (κ2) is 15.1. The molecule has 0 aliphatic heterocycles. The van der Waals surface area contributed by atoms with Gasteiger partial charge in [0, 0.05) is 44.2 Å². The van der Waals surface area contributed by atoms with Crippen molar-refractivity contribution in [3.8, 4) is 74.0 Å². The number of para-hydroxylation sites is 2. The van der Waals surface area contributed by atoms with Gasteiger partial charge in [0.15, 0.2) is 34.9 Å². The lowest BCUT2D eigenvalue weighted by atomic mass is 10.00. The van der Waals surface area contributed by atoms with Crippen molar-refractivity contribution in [2.24, 2.45) is 0 Å². The summed E-state index contributed by atoms with van der Waals surface area (Å²) in [5, 5.41) is 7.03. The lowest BCUT2D eigenvalue weighted by molar-refractivity contribution is 1.06. The Kier molecular flexibility index (Phi) is 8.67. The molecule has 0 unspecified atom stereocenters. The monoisotopic (exact) mass is 805 g/mol. The van der Waals surface area contributed by atoms with Crippen LogP contribution in [-0.2, 0) is 0 Å². The molecule has 0 radical (unpaired) electrons. The first-order valence-electron chi connectivity index (χ1n) is 21.0. The van der Waals surface area contributed by atoms with E-state index in [9.17, 15) is 0 Å². The van der Waals surface area contributed by atoms with E-state index in [0.29, 0.717) is 34.9 Å². The molecule has 9 aromatic carbocycles. The first kappa shape index (κ1) is 36.2. The van der Waals surface area contributed by atoms with Crippen molar-refractivity contribution in [3.05, 3.63) is 212 Å². The molecule has 0 spiro atoms. The molecule has 3 heterocycles. The molecule has 0 aliphatic rings. The first-order valence-corrected chi connectivity index (χ1v) is 21.0. The number of fused-ring (bicyclic) bond motifs is 6. The van der Waals surface area contributed by atoms with Crippen molar-refractivity contribution in [2.45, 2.75) is 0 Å². The number of hydrogen-bond acceptors (Lipinski definition) is 6. The molecule has 294 valence electrons. The van der Waals surface area contributed by atoms with Crippen molar-refractivity contribution in [1.29, 1.82) is 0 Å². The van der Waals surface area contributed by atoms with E-state index in [0.717, 1.165) is 66.3 Å². The van der Waals surface area contributed by atoms with Gasteiger partial charge in [-0.1, -0.05) is 176 Å². The highest BCUT2D eigenvalue weighted by molar-refractivity contribution is 6.10. The molecule has 7 nitrogen and oxygen atoms in total. The summed E-state index contributed by atoms with van der Waals surface area (Å²) in [6, 6.07) is 72.9. The minimum Gasteiger partial charge on any atom is -0.309 e. The molecule has 0 N–H and O–H groups in total. The lowest BCUT2D eigenvalue weighted by Crippen LogP contribution is -2.05. The third kappa shape index (κ3) is 6.47. The summed E-state index contributed by atoms with van der Waals surface area (Å²) in [6.45, 7) is 0. The Morgan fingerprint density at radius 2 is 0.651 bits per heavy atom. The van der Waals surface area contributed by atoms with Crippen LogP contribution in [0.3, 0.4) is 0 Å². The number of hydrogen-bond donors (Lipinski definition) is 0. The fraction of sp³-hybridized carbons (Fsp3) is 0. The maximum absolute atomic E-state index is 5.26. The van der Waals surface area contributed by atoms with Crippen molar-refractivity contribution >= 4 is 43.4 Å². The fourth-order valence-electron chi connectivity index (χ4n) is 8.66. The minimum absolute atomic E-state index is 0.528. The number of nitrogens with zero attached hydrogens (tertiary/aromatic N) is 7. The molecular formula is C56H35N7. The SMILES string of the molecule is c1ccc(-c2nc(-c3ccc(-n4c5ccccc5c5ccccc54)c(-c4nc(-c5ccccc5)nc(-c5ccccc5)n4)c3)nc(-c3ccc4c(ccc5ccccc54)c3)n2)cc1. The average molecular weight is 806 g/mol. The van der Waals surface area contributed by atoms with E-state index < -0.39 is 0 Å². The van der Waals surface area contributed by atoms with Crippen molar-refractivity contribution in [2.75, 3.05) is 0 Å². The maximum Gasteiger partial charge on any atom is 0.166 e. The van der Waals surface area contributed by atoms with E-state index in [4.69, 9.17) is 29.9 Å². The Balaban J connectivity index is 1.12. The van der Waals surface area contributed by atoms with Gasteiger partial charge in [0.2, 0.25) is 0 Å². The van der Waals surface area contributed by atoms with Crippen LogP contribution in [-0.4, -0.2) is 34.5 Å². The summed E-state index contributed by atoms with van der Waals surface area (Å²) in [6.07, 6.45) is 0. The zero-order valence-electron chi connectivity index (χ0n) is 33.8. The lowest BCUT2D eigenvalue weighted by Gasteiger charge is -2.16. The zero-order chi connectivity index (χ0) is 41.7. The summed E-state index contributed by atoms with van der Waals surface area (Å²) >= 11 is 0. The van der Waals surface area contributed by atoms with Crippen molar-refractivity contribution in [1.82, 2.24) is 34.5 Å². The molecule has 63 heavy (non-hydrogen) atoms. The highest BCUT2D eigenvalue weighted by atomic mass is 15.1. The highest BCUT2D eigenvalue weighted by Gasteiger charge is 2.22. The topological polar surface area (TPSA) is 82.3 Å². The van der Waals surface area contributed by atoms with Crippen LogP contribution in [0, 0.1) is 0 Å². The number of benzene rings is 9. The molecule has 0 fully saturated rings. The van der Waals surface area contributed by atoms with E-state index in [2.05, 4.69) is 126 Å². The van der Waals surface area contributed by atoms with E-state index >= 15 is 0 Å². The van der Waals surface area contributed by atoms with E-state index in [1.54, 1.807) is 0 Å². The summed E-state index contributed by atoms with van der Waals surface area (Å²) in [7, 11) is 0. The van der Waals surface area contributed by atoms with Gasteiger partial charge in [0.05, 0.1) is 16.7 Å². The molecular weight excluding hydrogens is 771 g/mol. The van der Waals surface area contributed by atoms with Crippen LogP contribution >= 0.6 is 0 Å². The Labute approximate surface area is 362 Å². The Morgan fingerprint density at radius 1 is 0.254 bits per heavy atom. The van der Waals surface area contributed by atoms with Crippen molar-refractivity contribution < 1.29 is 0 Å². The summed E-state index contributed by atoms with van der Waals surface area (Å²) in [5.41, 5.74) is 8.25. The van der Waals surface area contributed by atoms with Gasteiger partial charge in [0.1, 0.15) is 0 Å². The minimum atomic E-state index is 0.528.